The molecule has 0 unspecified atom stereocenters. The minimum absolute atomic E-state index is 0.0206. The van der Waals surface area contributed by atoms with Crippen LogP contribution in [0, 0.1) is 0 Å². The number of ether oxygens (including phenoxy) is 1. The fourth-order valence-electron chi connectivity index (χ4n) is 3.36. The standard InChI is InChI=1S/C22H27ClN4O5S/c1-26-10-12-27(13-11-26)22(29)16-6-7-20(32-2)19(14-16)25-21(28)8-9-24-33(30,31)18-5-3-4-17(23)15-18/h3-7,14-15,24H,8-13H2,1-2H3,(H,25,28). The van der Waals surface area contributed by atoms with Crippen LogP contribution in [-0.2, 0) is 14.8 Å². The highest BCUT2D eigenvalue weighted by molar-refractivity contribution is 7.89. The number of carbonyl (C=O) groups is 2. The molecule has 11 heteroatoms. The Morgan fingerprint density at radius 2 is 1.82 bits per heavy atom. The highest BCUT2D eigenvalue weighted by Gasteiger charge is 2.22. The van der Waals surface area contributed by atoms with E-state index < -0.39 is 15.9 Å². The summed E-state index contributed by atoms with van der Waals surface area (Å²) < 4.78 is 32.4. The molecular weight excluding hydrogens is 468 g/mol. The number of hydrogen-bond acceptors (Lipinski definition) is 6. The number of amides is 2. The van der Waals surface area contributed by atoms with Crippen molar-refractivity contribution in [3.05, 3.63) is 53.1 Å². The van der Waals surface area contributed by atoms with Crippen molar-refractivity contribution in [3.8, 4) is 5.75 Å². The molecule has 0 aromatic heterocycles. The van der Waals surface area contributed by atoms with Gasteiger partial charge in [0, 0.05) is 49.7 Å². The Hall–Kier alpha value is -2.66. The summed E-state index contributed by atoms with van der Waals surface area (Å²) in [6, 6.07) is 10.7. The summed E-state index contributed by atoms with van der Waals surface area (Å²) in [5.74, 6) is -0.139. The molecule has 178 valence electrons. The van der Waals surface area contributed by atoms with Crippen molar-refractivity contribution >= 4 is 39.1 Å². The molecule has 2 aromatic rings. The average Bonchev–Trinajstić information content (AvgIpc) is 2.79. The van der Waals surface area contributed by atoms with Gasteiger partial charge in [0.25, 0.3) is 5.91 Å². The molecule has 0 spiro atoms. The summed E-state index contributed by atoms with van der Waals surface area (Å²) in [6.45, 7) is 2.77. The normalized spacial score (nSPS) is 14.7. The van der Waals surface area contributed by atoms with E-state index in [1.807, 2.05) is 7.05 Å². The molecule has 2 N–H and O–H groups in total. The number of nitrogens with one attached hydrogen (secondary N) is 2. The van der Waals surface area contributed by atoms with Gasteiger partial charge in [0.2, 0.25) is 15.9 Å². The lowest BCUT2D eigenvalue weighted by atomic mass is 10.1. The second-order valence-electron chi connectivity index (χ2n) is 7.66. The molecule has 9 nitrogen and oxygen atoms in total. The van der Waals surface area contributed by atoms with E-state index in [0.29, 0.717) is 35.1 Å². The van der Waals surface area contributed by atoms with Crippen LogP contribution in [0.5, 0.6) is 5.75 Å². The average molecular weight is 495 g/mol. The van der Waals surface area contributed by atoms with Crippen LogP contribution >= 0.6 is 11.6 Å². The molecule has 2 aromatic carbocycles. The third-order valence-electron chi connectivity index (χ3n) is 5.26. The van der Waals surface area contributed by atoms with Crippen molar-refractivity contribution < 1.29 is 22.7 Å². The Bertz CT molecular complexity index is 1120. The first-order chi connectivity index (χ1) is 15.7. The lowest BCUT2D eigenvalue weighted by Crippen LogP contribution is -2.47. The molecule has 0 bridgehead atoms. The zero-order valence-corrected chi connectivity index (χ0v) is 20.1. The number of benzene rings is 2. The summed E-state index contributed by atoms with van der Waals surface area (Å²) in [5, 5.41) is 3.00. The van der Waals surface area contributed by atoms with Gasteiger partial charge in [0.05, 0.1) is 17.7 Å². The SMILES string of the molecule is COc1ccc(C(=O)N2CCN(C)CC2)cc1NC(=O)CCNS(=O)(=O)c1cccc(Cl)c1. The number of carbonyl (C=O) groups excluding carboxylic acids is 2. The van der Waals surface area contributed by atoms with Gasteiger partial charge in [-0.15, -0.1) is 0 Å². The zero-order chi connectivity index (χ0) is 24.0. The fraction of sp³-hybridized carbons (Fsp3) is 0.364. The summed E-state index contributed by atoms with van der Waals surface area (Å²) in [6.07, 6.45) is -0.112. The lowest BCUT2D eigenvalue weighted by Gasteiger charge is -2.32. The van der Waals surface area contributed by atoms with Gasteiger partial charge in [-0.05, 0) is 43.4 Å². The van der Waals surface area contributed by atoms with Crippen molar-refractivity contribution in [2.75, 3.05) is 52.2 Å². The maximum absolute atomic E-state index is 12.9. The molecule has 0 aliphatic carbocycles. The van der Waals surface area contributed by atoms with Gasteiger partial charge in [-0.1, -0.05) is 17.7 Å². The second-order valence-corrected chi connectivity index (χ2v) is 9.87. The van der Waals surface area contributed by atoms with Gasteiger partial charge in [0.15, 0.2) is 0 Å². The first-order valence-electron chi connectivity index (χ1n) is 10.4. The lowest BCUT2D eigenvalue weighted by molar-refractivity contribution is -0.116. The molecule has 1 fully saturated rings. The number of methoxy groups -OCH3 is 1. The van der Waals surface area contributed by atoms with E-state index in [1.54, 1.807) is 29.2 Å². The predicted octanol–water partition coefficient (Wildman–Crippen LogP) is 2.04. The molecule has 1 aliphatic rings. The number of hydrogen-bond donors (Lipinski definition) is 2. The number of rotatable bonds is 8. The quantitative estimate of drug-likeness (QED) is 0.581. The topological polar surface area (TPSA) is 108 Å². The van der Waals surface area contributed by atoms with Crippen LogP contribution in [0.15, 0.2) is 47.4 Å². The number of sulfonamides is 1. The van der Waals surface area contributed by atoms with E-state index >= 15 is 0 Å². The largest absolute Gasteiger partial charge is 0.495 e. The van der Waals surface area contributed by atoms with E-state index in [9.17, 15) is 18.0 Å². The van der Waals surface area contributed by atoms with Gasteiger partial charge in [0.1, 0.15) is 5.75 Å². The third-order valence-corrected chi connectivity index (χ3v) is 6.96. The second kappa shape index (κ2) is 11.0. The molecule has 2 amide bonds. The van der Waals surface area contributed by atoms with E-state index in [4.69, 9.17) is 16.3 Å². The number of halogens is 1. The molecule has 0 saturated carbocycles. The van der Waals surface area contributed by atoms with E-state index in [2.05, 4.69) is 14.9 Å². The minimum Gasteiger partial charge on any atom is -0.495 e. The predicted molar refractivity (Wildman–Crippen MR) is 126 cm³/mol. The summed E-state index contributed by atoms with van der Waals surface area (Å²) >= 11 is 5.85. The van der Waals surface area contributed by atoms with Crippen LogP contribution in [-0.4, -0.2) is 76.9 Å². The Morgan fingerprint density at radius 3 is 2.48 bits per heavy atom. The van der Waals surface area contributed by atoms with E-state index in [1.165, 1.54) is 25.3 Å². The van der Waals surface area contributed by atoms with Gasteiger partial charge >= 0.3 is 0 Å². The Morgan fingerprint density at radius 1 is 1.09 bits per heavy atom. The molecule has 0 atom stereocenters. The zero-order valence-electron chi connectivity index (χ0n) is 18.5. The van der Waals surface area contributed by atoms with Crippen molar-refractivity contribution in [2.24, 2.45) is 0 Å². The van der Waals surface area contributed by atoms with Crippen LogP contribution < -0.4 is 14.8 Å². The van der Waals surface area contributed by atoms with Gasteiger partial charge in [-0.3, -0.25) is 9.59 Å². The maximum atomic E-state index is 12.9. The fourth-order valence-corrected chi connectivity index (χ4v) is 4.69. The molecule has 33 heavy (non-hydrogen) atoms. The van der Waals surface area contributed by atoms with E-state index in [0.717, 1.165) is 13.1 Å². The van der Waals surface area contributed by atoms with Crippen molar-refractivity contribution in [2.45, 2.75) is 11.3 Å². The van der Waals surface area contributed by atoms with Crippen LogP contribution in [0.2, 0.25) is 5.02 Å². The molecule has 3 rings (SSSR count). The molecule has 1 saturated heterocycles. The van der Waals surface area contributed by atoms with Gasteiger partial charge < -0.3 is 19.9 Å². The van der Waals surface area contributed by atoms with Crippen LogP contribution in [0.3, 0.4) is 0 Å². The monoisotopic (exact) mass is 494 g/mol. The molecule has 1 heterocycles. The first-order valence-corrected chi connectivity index (χ1v) is 12.3. The number of anilines is 1. The molecule has 1 aliphatic heterocycles. The minimum atomic E-state index is -3.79. The smallest absolute Gasteiger partial charge is 0.254 e. The molecular formula is C22H27ClN4O5S. The van der Waals surface area contributed by atoms with Gasteiger partial charge in [-0.25, -0.2) is 13.1 Å². The number of nitrogens with zero attached hydrogens (tertiary/aromatic N) is 2. The summed E-state index contributed by atoms with van der Waals surface area (Å²) in [5.41, 5.74) is 0.789. The van der Waals surface area contributed by atoms with Gasteiger partial charge in [-0.2, -0.15) is 0 Å². The van der Waals surface area contributed by atoms with E-state index in [-0.39, 0.29) is 23.8 Å². The number of piperazine rings is 1. The van der Waals surface area contributed by atoms with Crippen LogP contribution in [0.4, 0.5) is 5.69 Å². The summed E-state index contributed by atoms with van der Waals surface area (Å²) in [4.78, 5) is 29.3. The molecule has 0 radical (unpaired) electrons. The van der Waals surface area contributed by atoms with Crippen LogP contribution in [0.1, 0.15) is 16.8 Å². The van der Waals surface area contributed by atoms with Crippen molar-refractivity contribution in [3.63, 3.8) is 0 Å². The highest BCUT2D eigenvalue weighted by Crippen LogP contribution is 2.26. The van der Waals surface area contributed by atoms with Crippen molar-refractivity contribution in [1.29, 1.82) is 0 Å². The maximum Gasteiger partial charge on any atom is 0.254 e. The first kappa shape index (κ1) is 25.0. The summed E-state index contributed by atoms with van der Waals surface area (Å²) in [7, 11) is -0.315. The highest BCUT2D eigenvalue weighted by atomic mass is 35.5. The Balaban J connectivity index is 1.61. The Labute approximate surface area is 198 Å². The Kier molecular flexibility index (Phi) is 8.30. The van der Waals surface area contributed by atoms with Crippen molar-refractivity contribution in [1.82, 2.24) is 14.5 Å². The van der Waals surface area contributed by atoms with Crippen LogP contribution in [0.25, 0.3) is 0 Å². The number of likely N-dealkylation sites (N-methyl/N-ethyl adjacent to an activating group) is 1. The third kappa shape index (κ3) is 6.67.